The lowest BCUT2D eigenvalue weighted by Crippen LogP contribution is -2.31. The summed E-state index contributed by atoms with van der Waals surface area (Å²) in [4.78, 5) is 36.8. The second kappa shape index (κ2) is 9.24. The summed E-state index contributed by atoms with van der Waals surface area (Å²) in [5, 5.41) is 23.5. The first-order chi connectivity index (χ1) is 14.3. The van der Waals surface area contributed by atoms with Crippen LogP contribution in [0.15, 0.2) is 47.4 Å². The summed E-state index contributed by atoms with van der Waals surface area (Å²) in [5.41, 5.74) is 0.321. The average molecular weight is 464 g/mol. The number of nitro benzene ring substituents is 1. The molecule has 154 valence electrons. The number of phenols is 1. The van der Waals surface area contributed by atoms with Crippen molar-refractivity contribution in [2.45, 2.75) is 6.42 Å². The molecule has 0 spiro atoms. The Balaban J connectivity index is 1.65. The number of nitrogens with one attached hydrogen (secondary N) is 1. The number of benzene rings is 2. The van der Waals surface area contributed by atoms with E-state index in [-0.39, 0.29) is 36.0 Å². The largest absolute Gasteiger partial charge is 0.506 e. The van der Waals surface area contributed by atoms with Crippen LogP contribution in [0.5, 0.6) is 5.75 Å². The van der Waals surface area contributed by atoms with E-state index in [9.17, 15) is 24.8 Å². The van der Waals surface area contributed by atoms with Gasteiger partial charge in [-0.25, -0.2) is 0 Å². The Morgan fingerprint density at radius 3 is 2.77 bits per heavy atom. The third kappa shape index (κ3) is 4.96. The molecule has 3 rings (SSSR count). The Morgan fingerprint density at radius 1 is 1.33 bits per heavy atom. The second-order valence-corrected chi connectivity index (χ2v) is 8.19. The van der Waals surface area contributed by atoms with Crippen molar-refractivity contribution in [1.82, 2.24) is 4.90 Å². The van der Waals surface area contributed by atoms with Gasteiger partial charge >= 0.3 is 0 Å². The van der Waals surface area contributed by atoms with Gasteiger partial charge in [0.2, 0.25) is 5.91 Å². The number of hydrogen-bond acceptors (Lipinski definition) is 7. The van der Waals surface area contributed by atoms with Crippen LogP contribution in [0.4, 0.5) is 11.4 Å². The van der Waals surface area contributed by atoms with Gasteiger partial charge in [-0.3, -0.25) is 24.6 Å². The van der Waals surface area contributed by atoms with E-state index >= 15 is 0 Å². The summed E-state index contributed by atoms with van der Waals surface area (Å²) in [7, 11) is 0. The summed E-state index contributed by atoms with van der Waals surface area (Å²) in [6.45, 7) is 0.0199. The predicted molar refractivity (Wildman–Crippen MR) is 119 cm³/mol. The zero-order chi connectivity index (χ0) is 21.8. The quantitative estimate of drug-likeness (QED) is 0.217. The van der Waals surface area contributed by atoms with Gasteiger partial charge in [0, 0.05) is 30.1 Å². The summed E-state index contributed by atoms with van der Waals surface area (Å²) in [6.07, 6.45) is 1.52. The molecule has 11 heteroatoms. The maximum absolute atomic E-state index is 12.6. The van der Waals surface area contributed by atoms with E-state index in [2.05, 4.69) is 5.32 Å². The molecule has 2 N–H and O–H groups in total. The van der Waals surface area contributed by atoms with Gasteiger partial charge in [-0.1, -0.05) is 53.8 Å². The van der Waals surface area contributed by atoms with Gasteiger partial charge in [0.15, 0.2) is 0 Å². The number of anilines is 1. The molecule has 1 fully saturated rings. The molecule has 1 aliphatic rings. The van der Waals surface area contributed by atoms with Gasteiger partial charge in [-0.15, -0.1) is 0 Å². The van der Waals surface area contributed by atoms with Crippen molar-refractivity contribution in [2.75, 3.05) is 11.9 Å². The predicted octanol–water partition coefficient (Wildman–Crippen LogP) is 4.18. The van der Waals surface area contributed by atoms with Crippen LogP contribution in [0, 0.1) is 10.1 Å². The molecule has 8 nitrogen and oxygen atoms in total. The number of phenolic OH excluding ortho intramolecular Hbond substituents is 1. The molecule has 0 atom stereocenters. The number of carbonyl (C=O) groups is 2. The maximum Gasteiger partial charge on any atom is 0.271 e. The molecule has 0 aliphatic carbocycles. The molecule has 2 amide bonds. The topological polar surface area (TPSA) is 113 Å². The van der Waals surface area contributed by atoms with Crippen LogP contribution < -0.4 is 5.32 Å². The van der Waals surface area contributed by atoms with Crippen LogP contribution in [-0.4, -0.2) is 37.6 Å². The van der Waals surface area contributed by atoms with E-state index in [1.54, 1.807) is 30.3 Å². The summed E-state index contributed by atoms with van der Waals surface area (Å²) >= 11 is 12.5. The molecule has 0 aromatic heterocycles. The van der Waals surface area contributed by atoms with Gasteiger partial charge < -0.3 is 10.4 Å². The van der Waals surface area contributed by atoms with Crippen molar-refractivity contribution in [1.29, 1.82) is 0 Å². The normalized spacial score (nSPS) is 15.0. The standard InChI is InChI=1S/C19H14ClN3O5S2/c20-13-4-2-1-3-11(13)9-16-18(26)22(19(29)30-16)8-7-17(25)21-14-10-12(23(27)28)5-6-15(14)24/h1-6,9-10,24H,7-8H2,(H,21,25)/b16-9-. The number of thioether (sulfide) groups is 1. The smallest absolute Gasteiger partial charge is 0.271 e. The second-order valence-electron chi connectivity index (χ2n) is 6.11. The zero-order valence-corrected chi connectivity index (χ0v) is 17.6. The van der Waals surface area contributed by atoms with Crippen molar-refractivity contribution < 1.29 is 19.6 Å². The number of carbonyl (C=O) groups excluding carboxylic acids is 2. The SMILES string of the molecule is O=C(CCN1C(=O)/C(=C/c2ccccc2Cl)SC1=S)Nc1cc([N+](=O)[O-])ccc1O. The van der Waals surface area contributed by atoms with E-state index in [1.807, 2.05) is 0 Å². The Bertz CT molecular complexity index is 1090. The molecular weight excluding hydrogens is 450 g/mol. The molecule has 2 aromatic rings. The molecule has 0 unspecified atom stereocenters. The number of halogens is 1. The van der Waals surface area contributed by atoms with Gasteiger partial charge in [0.1, 0.15) is 10.1 Å². The number of rotatable bonds is 6. The molecular formula is C19H14ClN3O5S2. The molecule has 1 aliphatic heterocycles. The van der Waals surface area contributed by atoms with Gasteiger partial charge in [-0.2, -0.15) is 0 Å². The number of hydrogen-bond donors (Lipinski definition) is 2. The van der Waals surface area contributed by atoms with E-state index < -0.39 is 10.8 Å². The Morgan fingerprint density at radius 2 is 2.07 bits per heavy atom. The van der Waals surface area contributed by atoms with Crippen LogP contribution >= 0.6 is 35.6 Å². The first-order valence-corrected chi connectivity index (χ1v) is 10.1. The number of thiocarbonyl (C=S) groups is 1. The fraction of sp³-hybridized carbons (Fsp3) is 0.105. The monoisotopic (exact) mass is 463 g/mol. The molecule has 0 saturated carbocycles. The van der Waals surface area contributed by atoms with Gasteiger partial charge in [0.25, 0.3) is 11.6 Å². The first kappa shape index (κ1) is 21.8. The van der Waals surface area contributed by atoms with Gasteiger partial charge in [-0.05, 0) is 23.8 Å². The lowest BCUT2D eigenvalue weighted by molar-refractivity contribution is -0.384. The van der Waals surface area contributed by atoms with E-state index in [0.29, 0.717) is 19.8 Å². The fourth-order valence-corrected chi connectivity index (χ4v) is 4.08. The molecule has 1 heterocycles. The van der Waals surface area contributed by atoms with Gasteiger partial charge in [0.05, 0.1) is 15.5 Å². The maximum atomic E-state index is 12.6. The summed E-state index contributed by atoms with van der Waals surface area (Å²) < 4.78 is 0.310. The lowest BCUT2D eigenvalue weighted by Gasteiger charge is -2.14. The molecule has 0 radical (unpaired) electrons. The summed E-state index contributed by atoms with van der Waals surface area (Å²) in [6, 6.07) is 10.4. The number of non-ortho nitro benzene ring substituents is 1. The van der Waals surface area contributed by atoms with Crippen LogP contribution in [0.25, 0.3) is 6.08 Å². The van der Waals surface area contributed by atoms with Crippen molar-refractivity contribution >= 4 is 69.2 Å². The fourth-order valence-electron chi connectivity index (χ4n) is 2.59. The van der Waals surface area contributed by atoms with E-state index in [4.69, 9.17) is 23.8 Å². The van der Waals surface area contributed by atoms with Crippen molar-refractivity contribution in [3.05, 3.63) is 68.1 Å². The summed E-state index contributed by atoms with van der Waals surface area (Å²) in [5.74, 6) is -1.17. The Hall–Kier alpha value is -2.95. The number of amides is 2. The average Bonchev–Trinajstić information content (AvgIpc) is 2.96. The lowest BCUT2D eigenvalue weighted by atomic mass is 10.2. The minimum atomic E-state index is -0.638. The minimum absolute atomic E-state index is 0.0199. The van der Waals surface area contributed by atoms with E-state index in [0.717, 1.165) is 30.0 Å². The van der Waals surface area contributed by atoms with Crippen LogP contribution in [0.1, 0.15) is 12.0 Å². The third-order valence-corrected chi connectivity index (χ3v) is 5.81. The molecule has 0 bridgehead atoms. The Labute approximate surface area is 185 Å². The van der Waals surface area contributed by atoms with Crippen LogP contribution in [-0.2, 0) is 9.59 Å². The van der Waals surface area contributed by atoms with Crippen molar-refractivity contribution in [3.8, 4) is 5.75 Å². The highest BCUT2D eigenvalue weighted by atomic mass is 35.5. The molecule has 1 saturated heterocycles. The van der Waals surface area contributed by atoms with Crippen LogP contribution in [0.2, 0.25) is 5.02 Å². The highest BCUT2D eigenvalue weighted by Gasteiger charge is 2.32. The molecule has 2 aromatic carbocycles. The van der Waals surface area contributed by atoms with Crippen molar-refractivity contribution in [3.63, 3.8) is 0 Å². The zero-order valence-electron chi connectivity index (χ0n) is 15.2. The first-order valence-electron chi connectivity index (χ1n) is 8.53. The highest BCUT2D eigenvalue weighted by molar-refractivity contribution is 8.26. The third-order valence-electron chi connectivity index (χ3n) is 4.09. The number of aromatic hydroxyl groups is 1. The number of nitro groups is 1. The number of nitrogens with zero attached hydrogens (tertiary/aromatic N) is 2. The molecule has 30 heavy (non-hydrogen) atoms. The highest BCUT2D eigenvalue weighted by Crippen LogP contribution is 2.34. The minimum Gasteiger partial charge on any atom is -0.506 e. The Kier molecular flexibility index (Phi) is 6.70. The van der Waals surface area contributed by atoms with E-state index in [1.165, 1.54) is 4.90 Å². The van der Waals surface area contributed by atoms with Crippen LogP contribution in [0.3, 0.4) is 0 Å². The van der Waals surface area contributed by atoms with Crippen molar-refractivity contribution in [2.24, 2.45) is 0 Å².